The molecule has 0 radical (unpaired) electrons. The van der Waals surface area contributed by atoms with Crippen molar-refractivity contribution in [2.75, 3.05) is 4.90 Å². The van der Waals surface area contributed by atoms with Crippen LogP contribution in [0.1, 0.15) is 132 Å². The predicted octanol–water partition coefficient (Wildman–Crippen LogP) is 19.3. The lowest BCUT2D eigenvalue weighted by atomic mass is 9.80. The molecular formula is C66H70N2. The topological polar surface area (TPSA) is 8.17 Å². The van der Waals surface area contributed by atoms with E-state index in [9.17, 15) is 0 Å². The van der Waals surface area contributed by atoms with Gasteiger partial charge in [0.2, 0.25) is 0 Å². The number of rotatable bonds is 5. The summed E-state index contributed by atoms with van der Waals surface area (Å²) in [6.45, 7) is 34.9. The van der Waals surface area contributed by atoms with E-state index in [1.807, 2.05) is 0 Å². The highest BCUT2D eigenvalue weighted by Gasteiger charge is 2.29. The summed E-state index contributed by atoms with van der Waals surface area (Å²) in [5.74, 6) is 0. The molecule has 0 fully saturated rings. The Kier molecular flexibility index (Phi) is 10.4. The van der Waals surface area contributed by atoms with E-state index in [-0.39, 0.29) is 27.1 Å². The van der Waals surface area contributed by atoms with Gasteiger partial charge in [-0.15, -0.1) is 0 Å². The normalized spacial score (nSPS) is 13.2. The Labute approximate surface area is 406 Å². The van der Waals surface area contributed by atoms with E-state index >= 15 is 0 Å². The van der Waals surface area contributed by atoms with Gasteiger partial charge in [0.1, 0.15) is 0 Å². The number of benzene rings is 9. The summed E-state index contributed by atoms with van der Waals surface area (Å²) in [7, 11) is 0. The molecule has 344 valence electrons. The Balaban J connectivity index is 1.30. The lowest BCUT2D eigenvalue weighted by Gasteiger charge is -2.34. The summed E-state index contributed by atoms with van der Waals surface area (Å²) < 4.78 is 2.54. The molecule has 0 saturated carbocycles. The molecule has 10 aromatic rings. The van der Waals surface area contributed by atoms with E-state index in [0.29, 0.717) is 0 Å². The van der Waals surface area contributed by atoms with Crippen molar-refractivity contribution in [2.24, 2.45) is 0 Å². The molecule has 68 heavy (non-hydrogen) atoms. The monoisotopic (exact) mass is 891 g/mol. The first-order valence-electron chi connectivity index (χ1n) is 24.8. The van der Waals surface area contributed by atoms with Gasteiger partial charge in [-0.1, -0.05) is 195 Å². The van der Waals surface area contributed by atoms with Crippen LogP contribution in [0.15, 0.2) is 152 Å². The van der Waals surface area contributed by atoms with Crippen LogP contribution in [0.4, 0.5) is 17.1 Å². The molecule has 0 aliphatic rings. The molecule has 0 saturated heterocycles. The highest BCUT2D eigenvalue weighted by atomic mass is 15.1. The number of aromatic nitrogens is 1. The Morgan fingerprint density at radius 1 is 0.338 bits per heavy atom. The van der Waals surface area contributed by atoms with Crippen molar-refractivity contribution in [3.05, 3.63) is 179 Å². The van der Waals surface area contributed by atoms with Crippen LogP contribution in [-0.2, 0) is 27.1 Å². The lowest BCUT2D eigenvalue weighted by Crippen LogP contribution is -2.20. The minimum Gasteiger partial charge on any atom is -0.309 e. The molecule has 2 nitrogen and oxygen atoms in total. The third-order valence-corrected chi connectivity index (χ3v) is 14.7. The van der Waals surface area contributed by atoms with Crippen LogP contribution in [0, 0.1) is 0 Å². The lowest BCUT2D eigenvalue weighted by molar-refractivity contribution is 0.568. The molecule has 0 aliphatic carbocycles. The van der Waals surface area contributed by atoms with Gasteiger partial charge in [0.25, 0.3) is 0 Å². The third kappa shape index (κ3) is 7.75. The second-order valence-electron chi connectivity index (χ2n) is 24.8. The Morgan fingerprint density at radius 3 is 1.31 bits per heavy atom. The smallest absolute Gasteiger partial charge is 0.0541 e. The third-order valence-electron chi connectivity index (χ3n) is 14.7. The van der Waals surface area contributed by atoms with Crippen molar-refractivity contribution >= 4 is 71.2 Å². The maximum absolute atomic E-state index is 2.58. The largest absolute Gasteiger partial charge is 0.309 e. The molecule has 0 bridgehead atoms. The summed E-state index contributed by atoms with van der Waals surface area (Å²) in [4.78, 5) is 2.58. The fourth-order valence-electron chi connectivity index (χ4n) is 10.4. The summed E-state index contributed by atoms with van der Waals surface area (Å²) in [6.07, 6.45) is 0. The summed E-state index contributed by atoms with van der Waals surface area (Å²) in [5.41, 5.74) is 16.2. The van der Waals surface area contributed by atoms with E-state index < -0.39 is 0 Å². The van der Waals surface area contributed by atoms with Gasteiger partial charge in [-0.3, -0.25) is 0 Å². The first-order valence-corrected chi connectivity index (χ1v) is 24.8. The van der Waals surface area contributed by atoms with Crippen LogP contribution in [0.25, 0.3) is 70.9 Å². The Hall–Kier alpha value is -6.38. The zero-order valence-electron chi connectivity index (χ0n) is 43.3. The van der Waals surface area contributed by atoms with Crippen molar-refractivity contribution in [3.63, 3.8) is 0 Å². The first-order chi connectivity index (χ1) is 31.9. The summed E-state index contributed by atoms with van der Waals surface area (Å²) in [6, 6.07) is 58.8. The van der Waals surface area contributed by atoms with Crippen LogP contribution in [0.5, 0.6) is 0 Å². The van der Waals surface area contributed by atoms with Crippen LogP contribution in [-0.4, -0.2) is 4.57 Å². The van der Waals surface area contributed by atoms with Crippen LogP contribution in [0.3, 0.4) is 0 Å². The molecule has 2 heteroatoms. The predicted molar refractivity (Wildman–Crippen MR) is 298 cm³/mol. The Morgan fingerprint density at radius 2 is 0.779 bits per heavy atom. The second kappa shape index (κ2) is 15.6. The number of hydrogen-bond acceptors (Lipinski definition) is 1. The minimum absolute atomic E-state index is 0.0245. The van der Waals surface area contributed by atoms with E-state index in [1.165, 1.54) is 116 Å². The maximum atomic E-state index is 2.58. The van der Waals surface area contributed by atoms with Gasteiger partial charge in [0.05, 0.1) is 28.1 Å². The van der Waals surface area contributed by atoms with Gasteiger partial charge in [0, 0.05) is 32.8 Å². The average molecular weight is 891 g/mol. The highest BCUT2D eigenvalue weighted by molar-refractivity contribution is 6.27. The van der Waals surface area contributed by atoms with Crippen LogP contribution in [0.2, 0.25) is 0 Å². The number of anilines is 3. The SMILES string of the molecule is CC(C)(C)c1cc(N(c2ccc(C(C)(C)C)cc2-c2ccccc2)c2ccc3ccc4c(-n5c6ccc(C(C)(C)C)cc6c6cc(C(C)(C)C)ccc65)ccc5ccc2c3c54)cc(C(C)(C)C)c1. The fraction of sp³-hybridized carbons (Fsp3) is 0.303. The van der Waals surface area contributed by atoms with E-state index in [4.69, 9.17) is 0 Å². The van der Waals surface area contributed by atoms with Crippen LogP contribution >= 0.6 is 0 Å². The van der Waals surface area contributed by atoms with Gasteiger partial charge in [-0.05, 0) is 143 Å². The first kappa shape index (κ1) is 45.4. The minimum atomic E-state index is -0.0610. The average Bonchev–Trinajstić information content (AvgIpc) is 3.60. The van der Waals surface area contributed by atoms with Gasteiger partial charge in [0.15, 0.2) is 0 Å². The standard InChI is InChI=1S/C66H70N2/c1-62(2,3)44-25-32-57(52(38-44)41-19-17-16-18-20-41)67(49-36-47(65(10,11)12)35-48(37-49)66(13,14)15)55-30-23-42-22-29-51-56(31-24-43-21-28-50(55)60(42)61(43)51)68-58-33-26-45(63(4,5)6)39-53(58)54-40-46(64(7,8)9)27-34-59(54)68/h16-40H,1-15H3. The van der Waals surface area contributed by atoms with Gasteiger partial charge in [-0.2, -0.15) is 0 Å². The molecule has 9 aromatic carbocycles. The van der Waals surface area contributed by atoms with Gasteiger partial charge < -0.3 is 9.47 Å². The second-order valence-corrected chi connectivity index (χ2v) is 24.8. The van der Waals surface area contributed by atoms with E-state index in [2.05, 4.69) is 265 Å². The molecule has 1 aromatic heterocycles. The quantitative estimate of drug-likeness (QED) is 0.156. The van der Waals surface area contributed by atoms with E-state index in [1.54, 1.807) is 0 Å². The summed E-state index contributed by atoms with van der Waals surface area (Å²) >= 11 is 0. The number of nitrogens with zero attached hydrogens (tertiary/aromatic N) is 2. The molecule has 0 N–H and O–H groups in total. The molecule has 0 unspecified atom stereocenters. The van der Waals surface area contributed by atoms with Crippen molar-refractivity contribution < 1.29 is 0 Å². The number of hydrogen-bond donors (Lipinski definition) is 0. The van der Waals surface area contributed by atoms with Crippen molar-refractivity contribution in [1.29, 1.82) is 0 Å². The molecule has 0 spiro atoms. The summed E-state index contributed by atoms with van der Waals surface area (Å²) in [5, 5.41) is 10.2. The van der Waals surface area contributed by atoms with Gasteiger partial charge >= 0.3 is 0 Å². The number of fused-ring (bicyclic) bond motifs is 3. The zero-order valence-corrected chi connectivity index (χ0v) is 43.3. The van der Waals surface area contributed by atoms with E-state index in [0.717, 1.165) is 0 Å². The molecule has 0 amide bonds. The molecule has 1 heterocycles. The van der Waals surface area contributed by atoms with Crippen molar-refractivity contribution in [3.8, 4) is 16.8 Å². The van der Waals surface area contributed by atoms with Gasteiger partial charge in [-0.25, -0.2) is 0 Å². The Bertz CT molecular complexity index is 3460. The highest BCUT2D eigenvalue weighted by Crippen LogP contribution is 2.50. The zero-order chi connectivity index (χ0) is 48.5. The molecule has 0 aliphatic heterocycles. The molecule has 0 atom stereocenters. The van der Waals surface area contributed by atoms with Crippen molar-refractivity contribution in [1.82, 2.24) is 4.57 Å². The van der Waals surface area contributed by atoms with Crippen LogP contribution < -0.4 is 4.90 Å². The fourth-order valence-corrected chi connectivity index (χ4v) is 10.4. The molecular weight excluding hydrogens is 821 g/mol. The maximum Gasteiger partial charge on any atom is 0.0541 e. The molecule has 10 rings (SSSR count). The van der Waals surface area contributed by atoms with Crippen molar-refractivity contribution in [2.45, 2.75) is 131 Å².